The molecule has 0 saturated carbocycles. The number of Topliss-reactive ketones (excluding diaryl/α,β-unsaturated/α-hetero) is 1. The van der Waals surface area contributed by atoms with Crippen LogP contribution in [0.25, 0.3) is 0 Å². The Balaban J connectivity index is 1.98. The molecule has 1 fully saturated rings. The summed E-state index contributed by atoms with van der Waals surface area (Å²) in [6, 6.07) is -0.210. The summed E-state index contributed by atoms with van der Waals surface area (Å²) in [6.45, 7) is 20.4. The van der Waals surface area contributed by atoms with E-state index in [0.29, 0.717) is 22.5 Å². The van der Waals surface area contributed by atoms with Gasteiger partial charge < -0.3 is 18.1 Å². The highest BCUT2D eigenvalue weighted by molar-refractivity contribution is 8.17. The lowest BCUT2D eigenvalue weighted by atomic mass is 9.63. The molecule has 3 aliphatic rings. The number of hydrogen-bond donors (Lipinski definition) is 0. The van der Waals surface area contributed by atoms with Crippen molar-refractivity contribution < 1.29 is 22.9 Å². The first kappa shape index (κ1) is 33.2. The lowest BCUT2D eigenvalue weighted by Crippen LogP contribution is -2.65. The minimum absolute atomic E-state index is 0.105. The fourth-order valence-corrected chi connectivity index (χ4v) is 11.3. The molecule has 0 amide bonds. The number of fused-ring (bicyclic) bond motifs is 2. The van der Waals surface area contributed by atoms with Gasteiger partial charge in [0, 0.05) is 11.8 Å². The third-order valence-electron chi connectivity index (χ3n) is 8.82. The summed E-state index contributed by atoms with van der Waals surface area (Å²) in [7, 11) is -0.501. The van der Waals surface area contributed by atoms with Gasteiger partial charge >= 0.3 is 0 Å². The average molecular weight is 641 g/mol. The number of nitrogens with zero attached hydrogens (tertiary/aromatic N) is 2. The zero-order valence-electron chi connectivity index (χ0n) is 27.1. The average Bonchev–Trinajstić information content (AvgIpc) is 3.27. The van der Waals surface area contributed by atoms with E-state index < -0.39 is 22.2 Å². The monoisotopic (exact) mass is 640 g/mol. The summed E-state index contributed by atoms with van der Waals surface area (Å²) in [5, 5.41) is 4.24. The van der Waals surface area contributed by atoms with Crippen molar-refractivity contribution in [2.24, 2.45) is 11.8 Å². The number of hydrogen-bond acceptors (Lipinski definition) is 9. The van der Waals surface area contributed by atoms with Gasteiger partial charge in [-0.05, 0) is 93.9 Å². The van der Waals surface area contributed by atoms with Crippen molar-refractivity contribution in [3.05, 3.63) is 23.2 Å². The largest absolute Gasteiger partial charge is 0.545 e. The highest BCUT2D eigenvalue weighted by Gasteiger charge is 2.66. The molecule has 1 aliphatic heterocycles. The topological polar surface area (TPSA) is 74.0 Å². The maximum atomic E-state index is 15.2. The second-order valence-electron chi connectivity index (χ2n) is 14.5. The molecule has 4 rings (SSSR count). The number of carbonyl (C=O) groups excluding carboxylic acids is 1. The molecule has 0 unspecified atom stereocenters. The van der Waals surface area contributed by atoms with Crippen LogP contribution in [-0.2, 0) is 8.85 Å². The van der Waals surface area contributed by atoms with Crippen LogP contribution in [0.1, 0.15) is 75.5 Å². The number of rotatable bonds is 10. The fourth-order valence-electron chi connectivity index (χ4n) is 5.84. The molecular weight excluding hydrogens is 589 g/mol. The van der Waals surface area contributed by atoms with Gasteiger partial charge in [0.05, 0.1) is 17.2 Å². The maximum Gasteiger partial charge on any atom is 0.265 e. The second kappa shape index (κ2) is 12.3. The Labute approximate surface area is 258 Å². The quantitative estimate of drug-likeness (QED) is 0.187. The van der Waals surface area contributed by atoms with Crippen molar-refractivity contribution in [2.75, 3.05) is 32.2 Å². The van der Waals surface area contributed by atoms with Crippen molar-refractivity contribution in [1.29, 1.82) is 0 Å². The summed E-state index contributed by atoms with van der Waals surface area (Å²) < 4.78 is 27.1. The van der Waals surface area contributed by atoms with Crippen LogP contribution in [0.2, 0.25) is 37.8 Å². The Bertz CT molecular complexity index is 1120. The number of aromatic nitrogens is 1. The second-order valence-corrected chi connectivity index (χ2v) is 26.4. The van der Waals surface area contributed by atoms with E-state index in [4.69, 9.17) is 18.1 Å². The molecule has 0 bridgehead atoms. The maximum absolute atomic E-state index is 15.2. The molecule has 2 aliphatic carbocycles. The van der Waals surface area contributed by atoms with Crippen molar-refractivity contribution in [2.45, 2.75) is 107 Å². The molecule has 1 aromatic heterocycles. The molecule has 11 heteroatoms. The number of unbranched alkanes of at least 4 members (excludes halogenated alkanes) is 1. The predicted octanol–water partition coefficient (Wildman–Crippen LogP) is 7.98. The summed E-state index contributed by atoms with van der Waals surface area (Å²) >= 11 is 4.09. The zero-order chi connectivity index (χ0) is 30.4. The normalized spacial score (nSPS) is 27.9. The van der Waals surface area contributed by atoms with Gasteiger partial charge in [-0.25, -0.2) is 0 Å². The lowest BCUT2D eigenvalue weighted by Gasteiger charge is -2.56. The number of ketones is 1. The molecule has 7 nitrogen and oxygen atoms in total. The van der Waals surface area contributed by atoms with Crippen LogP contribution in [0.4, 0.5) is 0 Å². The predicted molar refractivity (Wildman–Crippen MR) is 176 cm³/mol. The Morgan fingerprint density at radius 1 is 1.15 bits per heavy atom. The van der Waals surface area contributed by atoms with Gasteiger partial charge in [0.1, 0.15) is 11.3 Å². The van der Waals surface area contributed by atoms with Crippen LogP contribution in [0, 0.1) is 11.8 Å². The van der Waals surface area contributed by atoms with E-state index in [2.05, 4.69) is 90.7 Å². The van der Waals surface area contributed by atoms with E-state index in [0.717, 1.165) is 25.0 Å². The zero-order valence-corrected chi connectivity index (χ0v) is 30.7. The van der Waals surface area contributed by atoms with Gasteiger partial charge in [-0.15, -0.1) is 23.5 Å². The minimum atomic E-state index is -2.49. The van der Waals surface area contributed by atoms with Crippen LogP contribution < -0.4 is 4.74 Å². The van der Waals surface area contributed by atoms with Gasteiger partial charge in [-0.3, -0.25) is 9.69 Å². The molecule has 1 aromatic rings. The number of thioether (sulfide) groups is 2. The fraction of sp³-hybridized carbons (Fsp3) is 0.800. The molecule has 0 radical (unpaired) electrons. The van der Waals surface area contributed by atoms with E-state index in [1.807, 2.05) is 23.5 Å². The molecule has 1 saturated heterocycles. The van der Waals surface area contributed by atoms with E-state index in [9.17, 15) is 0 Å². The third-order valence-corrected chi connectivity index (χ3v) is 17.3. The molecular formula is C30H52N2O5S2Si2. The molecule has 41 heavy (non-hydrogen) atoms. The first-order chi connectivity index (χ1) is 19.0. The SMILES string of the molecule is CCCCOc1noc2c1C(=O)[C@@]1(O[Si](C)(C)C(C)(C)C)C(O[Si](C)(C)C)=C[C@@H](C3SCCCS3)C[C@H]1[C@@H]2N(C)C. The standard InChI is InChI=1S/C30H52N2O5S2Si2/c1-12-13-15-34-27-23-25(35-31-27)24(32(5)6)21-18-20(28-38-16-14-17-39-28)19-22(36-40(7,8)9)30(21,26(23)33)37-41(10,11)29(2,3)4/h19-21,24,28H,12-18H2,1-11H3/t20-,21-,24-,30-/m0/s1. The van der Waals surface area contributed by atoms with Crippen molar-refractivity contribution in [3.63, 3.8) is 0 Å². The van der Waals surface area contributed by atoms with Crippen LogP contribution >= 0.6 is 23.5 Å². The summed E-state index contributed by atoms with van der Waals surface area (Å²) in [4.78, 5) is 17.4. The van der Waals surface area contributed by atoms with E-state index in [-0.39, 0.29) is 34.6 Å². The number of ether oxygens (including phenoxy) is 1. The highest BCUT2D eigenvalue weighted by Crippen LogP contribution is 2.59. The van der Waals surface area contributed by atoms with Crippen molar-refractivity contribution >= 4 is 45.9 Å². The Hall–Kier alpha value is -0.726. The van der Waals surface area contributed by atoms with Crippen LogP contribution in [-0.4, -0.2) is 74.9 Å². The molecule has 4 atom stereocenters. The molecule has 0 spiro atoms. The van der Waals surface area contributed by atoms with Crippen LogP contribution in [0.15, 0.2) is 16.4 Å². The summed E-state index contributed by atoms with van der Waals surface area (Å²) in [5.41, 5.74) is -0.833. The van der Waals surface area contributed by atoms with Crippen molar-refractivity contribution in [1.82, 2.24) is 10.1 Å². The molecule has 232 valence electrons. The van der Waals surface area contributed by atoms with E-state index >= 15 is 4.79 Å². The van der Waals surface area contributed by atoms with Crippen molar-refractivity contribution in [3.8, 4) is 5.88 Å². The van der Waals surface area contributed by atoms with Gasteiger partial charge in [-0.1, -0.05) is 34.1 Å². The number of carbonyl (C=O) groups is 1. The van der Waals surface area contributed by atoms with Crippen LogP contribution in [0.3, 0.4) is 0 Å². The molecule has 2 heterocycles. The third kappa shape index (κ3) is 6.55. The van der Waals surface area contributed by atoms with Gasteiger partial charge in [0.15, 0.2) is 19.7 Å². The lowest BCUT2D eigenvalue weighted by molar-refractivity contribution is -0.0426. The Morgan fingerprint density at radius 3 is 2.37 bits per heavy atom. The first-order valence-electron chi connectivity index (χ1n) is 15.2. The first-order valence-corrected chi connectivity index (χ1v) is 23.6. The Morgan fingerprint density at radius 2 is 1.80 bits per heavy atom. The van der Waals surface area contributed by atoms with Gasteiger partial charge in [-0.2, -0.15) is 0 Å². The van der Waals surface area contributed by atoms with Crippen LogP contribution in [0.5, 0.6) is 5.88 Å². The van der Waals surface area contributed by atoms with E-state index in [1.54, 1.807) is 0 Å². The smallest absolute Gasteiger partial charge is 0.265 e. The summed E-state index contributed by atoms with van der Waals surface area (Å²) in [5.74, 6) is 3.91. The van der Waals surface area contributed by atoms with E-state index in [1.165, 1.54) is 17.9 Å². The molecule has 0 N–H and O–H groups in total. The Kier molecular flexibility index (Phi) is 9.99. The number of allylic oxidation sites excluding steroid dienone is 1. The molecule has 0 aromatic carbocycles. The van der Waals surface area contributed by atoms with Gasteiger partial charge in [0.25, 0.3) is 5.88 Å². The highest BCUT2D eigenvalue weighted by atomic mass is 32.2. The summed E-state index contributed by atoms with van der Waals surface area (Å²) in [6.07, 6.45) is 6.22. The minimum Gasteiger partial charge on any atom is -0.545 e. The van der Waals surface area contributed by atoms with Gasteiger partial charge in [0.2, 0.25) is 14.1 Å².